The van der Waals surface area contributed by atoms with Crippen LogP contribution in [0.1, 0.15) is 49.9 Å². The van der Waals surface area contributed by atoms with E-state index < -0.39 is 0 Å². The number of para-hydroxylation sites is 3. The van der Waals surface area contributed by atoms with Crippen LogP contribution >= 0.6 is 0 Å². The van der Waals surface area contributed by atoms with Gasteiger partial charge in [-0.1, -0.05) is 155 Å². The molecule has 0 fully saturated rings. The molecule has 0 saturated heterocycles. The van der Waals surface area contributed by atoms with Gasteiger partial charge in [0.25, 0.3) is 0 Å². The molecule has 10 aromatic rings. The Morgan fingerprint density at radius 2 is 0.825 bits per heavy atom. The van der Waals surface area contributed by atoms with Gasteiger partial charge in [0.15, 0.2) is 0 Å². The molecular weight excluding hydrogens is 765 g/mol. The summed E-state index contributed by atoms with van der Waals surface area (Å²) >= 11 is 0. The lowest BCUT2D eigenvalue weighted by molar-refractivity contribution is 0.592. The molecule has 302 valence electrons. The average Bonchev–Trinajstić information content (AvgIpc) is 3.91. The molecule has 0 saturated carbocycles. The number of hydrogen-bond donors (Lipinski definition) is 0. The van der Waals surface area contributed by atoms with Gasteiger partial charge >= 0.3 is 0 Å². The second-order valence-electron chi connectivity index (χ2n) is 18.1. The fourth-order valence-electron chi connectivity index (χ4n) is 10.7. The SMILES string of the molecule is CC1(C)c2cc(N(c3ccccc3)c3ccc4c(ccc5ccccc54)c3)ccc2-c2oc3c(c21)C(C)(C)c1cc(N(c2ccccc2)c2ccccc2-c2ccccc2)ccc1-3. The van der Waals surface area contributed by atoms with Gasteiger partial charge in [0.2, 0.25) is 0 Å². The fourth-order valence-corrected chi connectivity index (χ4v) is 10.7. The summed E-state index contributed by atoms with van der Waals surface area (Å²) in [5.74, 6) is 2.00. The zero-order chi connectivity index (χ0) is 42.5. The lowest BCUT2D eigenvalue weighted by Crippen LogP contribution is -2.23. The van der Waals surface area contributed by atoms with E-state index in [4.69, 9.17) is 4.42 Å². The topological polar surface area (TPSA) is 19.6 Å². The Kier molecular flexibility index (Phi) is 8.23. The lowest BCUT2D eigenvalue weighted by Gasteiger charge is -2.31. The highest BCUT2D eigenvalue weighted by Gasteiger charge is 2.50. The standard InChI is InChI=1S/C60H46N2O/c1-59(2)52-37-45(61(42-21-10-6-11-22-42)44-30-33-48-41(36-44)29-28-40-20-14-15-25-47(40)48)31-34-50(52)57-55(59)56-58(63-57)51-35-32-46(38-53(51)60(56,3)4)62(43-23-12-7-13-24-43)54-27-17-16-26-49(54)39-18-8-5-9-19-39/h5-38H,1-4H3. The number of nitrogens with zero attached hydrogens (tertiary/aromatic N) is 2. The molecule has 9 aromatic carbocycles. The van der Waals surface area contributed by atoms with Crippen molar-refractivity contribution in [2.45, 2.75) is 38.5 Å². The minimum atomic E-state index is -0.313. The number of hydrogen-bond acceptors (Lipinski definition) is 3. The van der Waals surface area contributed by atoms with Crippen molar-refractivity contribution in [2.24, 2.45) is 0 Å². The van der Waals surface area contributed by atoms with Gasteiger partial charge in [0.1, 0.15) is 11.5 Å². The van der Waals surface area contributed by atoms with Crippen molar-refractivity contribution >= 4 is 55.7 Å². The summed E-state index contributed by atoms with van der Waals surface area (Å²) in [6.45, 7) is 9.53. The summed E-state index contributed by atoms with van der Waals surface area (Å²) < 4.78 is 7.17. The minimum Gasteiger partial charge on any atom is -0.455 e. The van der Waals surface area contributed by atoms with Crippen LogP contribution in [0.3, 0.4) is 0 Å². The van der Waals surface area contributed by atoms with E-state index in [1.54, 1.807) is 0 Å². The van der Waals surface area contributed by atoms with Crippen LogP contribution in [0.25, 0.3) is 55.3 Å². The molecule has 63 heavy (non-hydrogen) atoms. The second-order valence-corrected chi connectivity index (χ2v) is 18.1. The van der Waals surface area contributed by atoms with Gasteiger partial charge in [-0.25, -0.2) is 0 Å². The van der Waals surface area contributed by atoms with Crippen LogP contribution < -0.4 is 9.80 Å². The highest BCUT2D eigenvalue weighted by Crippen LogP contribution is 2.62. The van der Waals surface area contributed by atoms with Gasteiger partial charge in [-0.15, -0.1) is 0 Å². The number of anilines is 6. The van der Waals surface area contributed by atoms with Crippen LogP contribution in [0.4, 0.5) is 34.1 Å². The highest BCUT2D eigenvalue weighted by atomic mass is 16.3. The summed E-state index contributed by atoms with van der Waals surface area (Å²) in [5, 5.41) is 5.02. The van der Waals surface area contributed by atoms with Crippen LogP contribution in [-0.2, 0) is 10.8 Å². The van der Waals surface area contributed by atoms with Gasteiger partial charge < -0.3 is 14.2 Å². The molecule has 0 N–H and O–H groups in total. The predicted octanol–water partition coefficient (Wildman–Crippen LogP) is 16.8. The number of fused-ring (bicyclic) bond motifs is 10. The van der Waals surface area contributed by atoms with E-state index in [1.165, 1.54) is 66.1 Å². The van der Waals surface area contributed by atoms with E-state index in [-0.39, 0.29) is 10.8 Å². The molecule has 1 heterocycles. The van der Waals surface area contributed by atoms with Gasteiger partial charge in [0.05, 0.1) is 5.69 Å². The number of rotatable bonds is 7. The van der Waals surface area contributed by atoms with Crippen molar-refractivity contribution in [2.75, 3.05) is 9.80 Å². The smallest absolute Gasteiger partial charge is 0.139 e. The third-order valence-corrected chi connectivity index (χ3v) is 13.8. The maximum absolute atomic E-state index is 7.17. The molecular formula is C60H46N2O. The van der Waals surface area contributed by atoms with Crippen LogP contribution in [0.15, 0.2) is 211 Å². The molecule has 2 aliphatic carbocycles. The van der Waals surface area contributed by atoms with Crippen molar-refractivity contribution in [1.29, 1.82) is 0 Å². The van der Waals surface area contributed by atoms with Gasteiger partial charge in [0, 0.05) is 67.1 Å². The highest BCUT2D eigenvalue weighted by molar-refractivity contribution is 6.08. The molecule has 0 radical (unpaired) electrons. The largest absolute Gasteiger partial charge is 0.455 e. The third kappa shape index (κ3) is 5.66. The fraction of sp³-hybridized carbons (Fsp3) is 0.100. The van der Waals surface area contributed by atoms with Crippen LogP contribution in [0.2, 0.25) is 0 Å². The molecule has 3 heteroatoms. The molecule has 3 nitrogen and oxygen atoms in total. The third-order valence-electron chi connectivity index (χ3n) is 13.8. The first-order valence-corrected chi connectivity index (χ1v) is 22.0. The first kappa shape index (κ1) is 37.2. The normalized spacial score (nSPS) is 14.0. The van der Waals surface area contributed by atoms with E-state index in [0.717, 1.165) is 45.6 Å². The van der Waals surface area contributed by atoms with Crippen LogP contribution in [0.5, 0.6) is 0 Å². The summed E-state index contributed by atoms with van der Waals surface area (Å²) in [7, 11) is 0. The van der Waals surface area contributed by atoms with Crippen molar-refractivity contribution < 1.29 is 4.42 Å². The molecule has 0 aliphatic heterocycles. The van der Waals surface area contributed by atoms with Crippen molar-refractivity contribution in [3.63, 3.8) is 0 Å². The number of benzene rings is 9. The maximum Gasteiger partial charge on any atom is 0.139 e. The Bertz CT molecular complexity index is 3400. The molecule has 0 bridgehead atoms. The maximum atomic E-state index is 7.17. The van der Waals surface area contributed by atoms with Gasteiger partial charge in [-0.05, 0) is 117 Å². The van der Waals surface area contributed by atoms with Crippen LogP contribution in [0, 0.1) is 0 Å². The van der Waals surface area contributed by atoms with Gasteiger partial charge in [-0.2, -0.15) is 0 Å². The summed E-state index contributed by atoms with van der Waals surface area (Å²) in [6, 6.07) is 74.8. The molecule has 1 aromatic heterocycles. The Balaban J connectivity index is 0.955. The van der Waals surface area contributed by atoms with E-state index in [9.17, 15) is 0 Å². The average molecular weight is 811 g/mol. The Hall–Kier alpha value is -7.62. The van der Waals surface area contributed by atoms with E-state index in [2.05, 4.69) is 244 Å². The monoisotopic (exact) mass is 810 g/mol. The summed E-state index contributed by atoms with van der Waals surface area (Å²) in [4.78, 5) is 4.80. The molecule has 2 aliphatic rings. The molecule has 0 amide bonds. The summed E-state index contributed by atoms with van der Waals surface area (Å²) in [6.07, 6.45) is 0. The van der Waals surface area contributed by atoms with Gasteiger partial charge in [-0.3, -0.25) is 0 Å². The first-order chi connectivity index (χ1) is 30.8. The van der Waals surface area contributed by atoms with E-state index in [1.807, 2.05) is 0 Å². The zero-order valence-corrected chi connectivity index (χ0v) is 35.9. The zero-order valence-electron chi connectivity index (χ0n) is 35.9. The number of furan rings is 1. The molecule has 12 rings (SSSR count). The minimum absolute atomic E-state index is 0.310. The van der Waals surface area contributed by atoms with E-state index in [0.29, 0.717) is 0 Å². The Morgan fingerprint density at radius 1 is 0.349 bits per heavy atom. The molecule has 0 atom stereocenters. The van der Waals surface area contributed by atoms with Crippen molar-refractivity contribution in [3.05, 3.63) is 229 Å². The van der Waals surface area contributed by atoms with E-state index >= 15 is 0 Å². The Labute approximate surface area is 369 Å². The molecule has 0 unspecified atom stereocenters. The van der Waals surface area contributed by atoms with Crippen molar-refractivity contribution in [3.8, 4) is 33.8 Å². The van der Waals surface area contributed by atoms with Crippen LogP contribution in [-0.4, -0.2) is 0 Å². The lowest BCUT2D eigenvalue weighted by atomic mass is 9.74. The first-order valence-electron chi connectivity index (χ1n) is 22.0. The van der Waals surface area contributed by atoms with Crippen molar-refractivity contribution in [1.82, 2.24) is 0 Å². The Morgan fingerprint density at radius 3 is 1.48 bits per heavy atom. The molecule has 0 spiro atoms. The summed E-state index contributed by atoms with van der Waals surface area (Å²) in [5.41, 5.74) is 16.0. The second kappa shape index (κ2) is 14.0. The quantitative estimate of drug-likeness (QED) is 0.150. The predicted molar refractivity (Wildman–Crippen MR) is 264 cm³/mol.